The highest BCUT2D eigenvalue weighted by atomic mass is 16.5. The van der Waals surface area contributed by atoms with Crippen LogP contribution in [0.1, 0.15) is 30.8 Å². The number of rotatable bonds is 5. The van der Waals surface area contributed by atoms with Crippen LogP contribution < -0.4 is 10.1 Å². The maximum Gasteiger partial charge on any atom is 0.120 e. The molecule has 2 N–H and O–H groups in total. The average Bonchev–Trinajstić information content (AvgIpc) is 2.73. The third-order valence-electron chi connectivity index (χ3n) is 2.95. The number of ether oxygens (including phenoxy) is 1. The van der Waals surface area contributed by atoms with E-state index in [9.17, 15) is 0 Å². The molecule has 4 heteroatoms. The van der Waals surface area contributed by atoms with E-state index in [4.69, 9.17) is 4.74 Å². The molecule has 1 heterocycles. The van der Waals surface area contributed by atoms with Crippen molar-refractivity contribution < 1.29 is 4.74 Å². The van der Waals surface area contributed by atoms with E-state index in [-0.39, 0.29) is 6.10 Å². The highest BCUT2D eigenvalue weighted by Crippen LogP contribution is 2.22. The van der Waals surface area contributed by atoms with Crippen molar-refractivity contribution in [2.24, 2.45) is 0 Å². The molecule has 19 heavy (non-hydrogen) atoms. The van der Waals surface area contributed by atoms with Crippen LogP contribution in [0.5, 0.6) is 5.75 Å². The van der Waals surface area contributed by atoms with Crippen molar-refractivity contribution in [2.75, 3.05) is 5.32 Å². The summed E-state index contributed by atoms with van der Waals surface area (Å²) < 4.78 is 5.67. The van der Waals surface area contributed by atoms with E-state index in [2.05, 4.69) is 34.3 Å². The topological polar surface area (TPSA) is 49.9 Å². The number of imidazole rings is 1. The third-order valence-corrected chi connectivity index (χ3v) is 2.95. The first-order valence-electron chi connectivity index (χ1n) is 6.56. The molecule has 0 saturated carbocycles. The summed E-state index contributed by atoms with van der Waals surface area (Å²) in [6, 6.07) is 6.10. The van der Waals surface area contributed by atoms with E-state index in [1.165, 1.54) is 5.56 Å². The predicted octanol–water partition coefficient (Wildman–Crippen LogP) is 3.43. The molecule has 0 aliphatic rings. The molecule has 0 aliphatic carbocycles. The van der Waals surface area contributed by atoms with E-state index in [1.54, 1.807) is 6.33 Å². The monoisotopic (exact) mass is 259 g/mol. The van der Waals surface area contributed by atoms with Gasteiger partial charge in [0.25, 0.3) is 0 Å². The Kier molecular flexibility index (Phi) is 4.10. The van der Waals surface area contributed by atoms with Crippen LogP contribution in [0.4, 0.5) is 5.69 Å². The second kappa shape index (κ2) is 5.78. The van der Waals surface area contributed by atoms with E-state index >= 15 is 0 Å². The molecule has 0 aliphatic heterocycles. The first kappa shape index (κ1) is 13.5. The van der Waals surface area contributed by atoms with Gasteiger partial charge >= 0.3 is 0 Å². The van der Waals surface area contributed by atoms with E-state index in [0.29, 0.717) is 0 Å². The van der Waals surface area contributed by atoms with E-state index < -0.39 is 0 Å². The van der Waals surface area contributed by atoms with Gasteiger partial charge in [0.15, 0.2) is 0 Å². The lowest BCUT2D eigenvalue weighted by atomic mass is 10.2. The van der Waals surface area contributed by atoms with Crippen LogP contribution in [-0.4, -0.2) is 16.1 Å². The molecule has 4 nitrogen and oxygen atoms in total. The van der Waals surface area contributed by atoms with Crippen molar-refractivity contribution in [3.63, 3.8) is 0 Å². The van der Waals surface area contributed by atoms with Crippen molar-refractivity contribution in [2.45, 2.75) is 40.3 Å². The third kappa shape index (κ3) is 3.50. The fourth-order valence-electron chi connectivity index (χ4n) is 1.92. The van der Waals surface area contributed by atoms with Crippen LogP contribution >= 0.6 is 0 Å². The van der Waals surface area contributed by atoms with Crippen LogP contribution in [0.3, 0.4) is 0 Å². The zero-order valence-electron chi connectivity index (χ0n) is 11.9. The lowest BCUT2D eigenvalue weighted by molar-refractivity contribution is 0.242. The summed E-state index contributed by atoms with van der Waals surface area (Å²) in [4.78, 5) is 7.35. The molecule has 0 bridgehead atoms. The second-order valence-corrected chi connectivity index (χ2v) is 4.97. The maximum atomic E-state index is 5.67. The minimum atomic E-state index is 0.199. The van der Waals surface area contributed by atoms with Gasteiger partial charge in [0.05, 0.1) is 24.7 Å². The van der Waals surface area contributed by atoms with Crippen molar-refractivity contribution in [3.8, 4) is 5.75 Å². The molecule has 0 unspecified atom stereocenters. The smallest absolute Gasteiger partial charge is 0.120 e. The molecular formula is C15H21N3O. The van der Waals surface area contributed by atoms with E-state index in [0.717, 1.165) is 29.4 Å². The molecule has 1 aromatic carbocycles. The zero-order chi connectivity index (χ0) is 13.8. The summed E-state index contributed by atoms with van der Waals surface area (Å²) in [5.41, 5.74) is 4.43. The number of nitrogens with one attached hydrogen (secondary N) is 2. The minimum absolute atomic E-state index is 0.199. The van der Waals surface area contributed by atoms with Gasteiger partial charge in [-0.1, -0.05) is 0 Å². The first-order chi connectivity index (χ1) is 9.06. The van der Waals surface area contributed by atoms with Crippen molar-refractivity contribution in [1.29, 1.82) is 0 Å². The summed E-state index contributed by atoms with van der Waals surface area (Å²) in [6.45, 7) is 8.88. The molecule has 0 atom stereocenters. The number of aryl methyl sites for hydroxylation is 2. The number of aromatic amines is 1. The van der Waals surface area contributed by atoms with Crippen LogP contribution in [-0.2, 0) is 6.54 Å². The molecule has 2 aromatic rings. The van der Waals surface area contributed by atoms with Crippen molar-refractivity contribution in [3.05, 3.63) is 41.5 Å². The van der Waals surface area contributed by atoms with Gasteiger partial charge in [-0.3, -0.25) is 0 Å². The summed E-state index contributed by atoms with van der Waals surface area (Å²) in [5.74, 6) is 0.911. The van der Waals surface area contributed by atoms with Crippen molar-refractivity contribution in [1.82, 2.24) is 9.97 Å². The van der Waals surface area contributed by atoms with Gasteiger partial charge in [-0.05, 0) is 51.5 Å². The Labute approximate surface area is 114 Å². The summed E-state index contributed by atoms with van der Waals surface area (Å²) in [5, 5.41) is 3.40. The van der Waals surface area contributed by atoms with Gasteiger partial charge in [0.2, 0.25) is 0 Å². The fraction of sp³-hybridized carbons (Fsp3) is 0.400. The van der Waals surface area contributed by atoms with Crippen LogP contribution in [0.2, 0.25) is 0 Å². The van der Waals surface area contributed by atoms with E-state index in [1.807, 2.05) is 26.8 Å². The number of H-pyrrole nitrogens is 1. The molecule has 1 aromatic heterocycles. The summed E-state index contributed by atoms with van der Waals surface area (Å²) >= 11 is 0. The van der Waals surface area contributed by atoms with Crippen LogP contribution in [0, 0.1) is 13.8 Å². The van der Waals surface area contributed by atoms with Gasteiger partial charge in [0, 0.05) is 11.4 Å². The molecule has 0 radical (unpaired) electrons. The standard InChI is InChI=1S/C15H21N3O/c1-10(2)19-13-5-6-14(11(3)7-13)16-8-15-12(4)17-9-18-15/h5-7,9-10,16H,8H2,1-4H3,(H,17,18). The van der Waals surface area contributed by atoms with Gasteiger partial charge < -0.3 is 15.0 Å². The lowest BCUT2D eigenvalue weighted by Crippen LogP contribution is -2.06. The Hall–Kier alpha value is -1.97. The fourth-order valence-corrected chi connectivity index (χ4v) is 1.92. The SMILES string of the molecule is Cc1cc(OC(C)C)ccc1NCc1nc[nH]c1C. The number of aromatic nitrogens is 2. The number of hydrogen-bond acceptors (Lipinski definition) is 3. The highest BCUT2D eigenvalue weighted by molar-refractivity contribution is 5.53. The quantitative estimate of drug-likeness (QED) is 0.865. The number of nitrogens with zero attached hydrogens (tertiary/aromatic N) is 1. The average molecular weight is 259 g/mol. The Morgan fingerprint density at radius 2 is 2.11 bits per heavy atom. The number of hydrogen-bond donors (Lipinski definition) is 2. The second-order valence-electron chi connectivity index (χ2n) is 4.97. The van der Waals surface area contributed by atoms with Crippen LogP contribution in [0.25, 0.3) is 0 Å². The first-order valence-corrected chi connectivity index (χ1v) is 6.56. The minimum Gasteiger partial charge on any atom is -0.491 e. The molecule has 0 saturated heterocycles. The van der Waals surface area contributed by atoms with Gasteiger partial charge in [0.1, 0.15) is 5.75 Å². The summed E-state index contributed by atoms with van der Waals surface area (Å²) in [6.07, 6.45) is 1.92. The molecule has 102 valence electrons. The number of benzene rings is 1. The lowest BCUT2D eigenvalue weighted by Gasteiger charge is -2.13. The molecule has 2 rings (SSSR count). The summed E-state index contributed by atoms with van der Waals surface area (Å²) in [7, 11) is 0. The molecule has 0 fully saturated rings. The predicted molar refractivity (Wildman–Crippen MR) is 77.6 cm³/mol. The zero-order valence-corrected chi connectivity index (χ0v) is 11.9. The Morgan fingerprint density at radius 3 is 2.68 bits per heavy atom. The van der Waals surface area contributed by atoms with Crippen molar-refractivity contribution >= 4 is 5.69 Å². The normalized spacial score (nSPS) is 10.8. The molecule has 0 spiro atoms. The van der Waals surface area contributed by atoms with Gasteiger partial charge in [-0.25, -0.2) is 4.98 Å². The molecular weight excluding hydrogens is 238 g/mol. The van der Waals surface area contributed by atoms with Gasteiger partial charge in [-0.2, -0.15) is 0 Å². The van der Waals surface area contributed by atoms with Gasteiger partial charge in [-0.15, -0.1) is 0 Å². The number of anilines is 1. The highest BCUT2D eigenvalue weighted by Gasteiger charge is 2.04. The molecule has 0 amide bonds. The van der Waals surface area contributed by atoms with Crippen LogP contribution in [0.15, 0.2) is 24.5 Å². The Bertz CT molecular complexity index is 546. The largest absolute Gasteiger partial charge is 0.491 e. The maximum absolute atomic E-state index is 5.67. The Balaban J connectivity index is 2.03. The Morgan fingerprint density at radius 1 is 1.32 bits per heavy atom.